The predicted octanol–water partition coefficient (Wildman–Crippen LogP) is 1.90. The summed E-state index contributed by atoms with van der Waals surface area (Å²) in [5.74, 6) is -0.422. The summed E-state index contributed by atoms with van der Waals surface area (Å²) in [4.78, 5) is 12.2. The van der Waals surface area contributed by atoms with Crippen LogP contribution in [0.4, 0.5) is 13.2 Å². The lowest BCUT2D eigenvalue weighted by atomic mass is 10.3. The second kappa shape index (κ2) is 6.55. The highest BCUT2D eigenvalue weighted by Gasteiger charge is 2.39. The molecule has 1 aliphatic rings. The van der Waals surface area contributed by atoms with Crippen molar-refractivity contribution >= 4 is 21.8 Å². The number of nitrogens with one attached hydrogen (secondary N) is 1. The predicted molar refractivity (Wildman–Crippen MR) is 74.9 cm³/mol. The number of hydrogen-bond acceptors (Lipinski definition) is 4. The van der Waals surface area contributed by atoms with E-state index < -0.39 is 23.8 Å². The summed E-state index contributed by atoms with van der Waals surface area (Å²) in [5.41, 5.74) is 1.88. The van der Waals surface area contributed by atoms with Crippen LogP contribution in [0.25, 0.3) is 0 Å². The fourth-order valence-electron chi connectivity index (χ4n) is 2.09. The van der Waals surface area contributed by atoms with Crippen molar-refractivity contribution in [1.29, 1.82) is 0 Å². The first kappa shape index (κ1) is 17.2. The van der Waals surface area contributed by atoms with E-state index in [1.54, 1.807) is 5.01 Å². The molecule has 1 unspecified atom stereocenters. The molecule has 0 radical (unpaired) electrons. The highest BCUT2D eigenvalue weighted by atomic mass is 79.9. The van der Waals surface area contributed by atoms with Crippen LogP contribution in [0.5, 0.6) is 0 Å². The molecule has 1 amide bonds. The van der Waals surface area contributed by atoms with Gasteiger partial charge in [-0.2, -0.15) is 18.3 Å². The number of amides is 1. The van der Waals surface area contributed by atoms with Gasteiger partial charge >= 0.3 is 6.18 Å². The molecule has 2 heterocycles. The standard InChI is InChI=1S/C12H16BrF3N4O2/c1-7-9(13)10(12(14,15)16)17-20(7)8(2)11(21)18-19-3-5-22-6-4-19/h8H,3-6H2,1-2H3,(H,18,21). The lowest BCUT2D eigenvalue weighted by Crippen LogP contribution is -2.50. The van der Waals surface area contributed by atoms with Crippen LogP contribution in [0.1, 0.15) is 24.4 Å². The molecule has 1 N–H and O–H groups in total. The normalized spacial score (nSPS) is 18.3. The maximum absolute atomic E-state index is 12.9. The minimum absolute atomic E-state index is 0.147. The number of morpholine rings is 1. The summed E-state index contributed by atoms with van der Waals surface area (Å²) >= 11 is 2.89. The Hall–Kier alpha value is -1.13. The van der Waals surface area contributed by atoms with E-state index in [1.165, 1.54) is 13.8 Å². The van der Waals surface area contributed by atoms with E-state index in [4.69, 9.17) is 4.74 Å². The van der Waals surface area contributed by atoms with Gasteiger partial charge in [0.25, 0.3) is 5.91 Å². The zero-order valence-corrected chi connectivity index (χ0v) is 13.7. The molecule has 0 saturated carbocycles. The summed E-state index contributed by atoms with van der Waals surface area (Å²) in [7, 11) is 0. The maximum Gasteiger partial charge on any atom is 0.436 e. The number of hydrazine groups is 1. The molecule has 0 bridgehead atoms. The number of hydrogen-bond donors (Lipinski definition) is 1. The van der Waals surface area contributed by atoms with Gasteiger partial charge in [0.05, 0.1) is 23.4 Å². The third-order valence-corrected chi connectivity index (χ3v) is 4.32. The third kappa shape index (κ3) is 3.61. The number of ether oxygens (including phenoxy) is 1. The van der Waals surface area contributed by atoms with Crippen LogP contribution in [0.2, 0.25) is 0 Å². The van der Waals surface area contributed by atoms with Crippen molar-refractivity contribution in [3.8, 4) is 0 Å². The Morgan fingerprint density at radius 1 is 1.41 bits per heavy atom. The van der Waals surface area contributed by atoms with Crippen LogP contribution in [0.15, 0.2) is 4.47 Å². The van der Waals surface area contributed by atoms with Gasteiger partial charge < -0.3 is 4.74 Å². The van der Waals surface area contributed by atoms with Crippen molar-refractivity contribution in [3.63, 3.8) is 0 Å². The van der Waals surface area contributed by atoms with Gasteiger partial charge in [0, 0.05) is 13.1 Å². The zero-order chi connectivity index (χ0) is 16.5. The van der Waals surface area contributed by atoms with E-state index in [2.05, 4.69) is 26.5 Å². The minimum atomic E-state index is -4.57. The van der Waals surface area contributed by atoms with Crippen molar-refractivity contribution in [2.24, 2.45) is 0 Å². The van der Waals surface area contributed by atoms with E-state index in [9.17, 15) is 18.0 Å². The minimum Gasteiger partial charge on any atom is -0.379 e. The van der Waals surface area contributed by atoms with Gasteiger partial charge in [0.15, 0.2) is 5.69 Å². The Balaban J connectivity index is 2.15. The van der Waals surface area contributed by atoms with E-state index in [-0.39, 0.29) is 10.2 Å². The van der Waals surface area contributed by atoms with Gasteiger partial charge in [-0.05, 0) is 29.8 Å². The van der Waals surface area contributed by atoms with Crippen LogP contribution in [0, 0.1) is 6.92 Å². The van der Waals surface area contributed by atoms with Crippen molar-refractivity contribution in [2.75, 3.05) is 26.3 Å². The van der Waals surface area contributed by atoms with Gasteiger partial charge in [0.1, 0.15) is 6.04 Å². The Morgan fingerprint density at radius 2 is 2.00 bits per heavy atom. The summed E-state index contributed by atoms with van der Waals surface area (Å²) < 4.78 is 44.6. The van der Waals surface area contributed by atoms with Crippen LogP contribution in [-0.4, -0.2) is 47.0 Å². The highest BCUT2D eigenvalue weighted by molar-refractivity contribution is 9.10. The lowest BCUT2D eigenvalue weighted by molar-refractivity contribution is -0.142. The van der Waals surface area contributed by atoms with Crippen LogP contribution in [-0.2, 0) is 15.7 Å². The van der Waals surface area contributed by atoms with Gasteiger partial charge in [-0.15, -0.1) is 0 Å². The van der Waals surface area contributed by atoms with Crippen LogP contribution < -0.4 is 5.43 Å². The molecular formula is C12H16BrF3N4O2. The van der Waals surface area contributed by atoms with Gasteiger partial charge in [-0.1, -0.05) is 0 Å². The molecule has 22 heavy (non-hydrogen) atoms. The smallest absolute Gasteiger partial charge is 0.379 e. The Bertz CT molecular complexity index is 555. The first-order chi connectivity index (χ1) is 10.2. The number of aromatic nitrogens is 2. The summed E-state index contributed by atoms with van der Waals surface area (Å²) in [6.45, 7) is 5.05. The molecule has 0 aromatic carbocycles. The van der Waals surface area contributed by atoms with Crippen molar-refractivity contribution in [1.82, 2.24) is 20.2 Å². The first-order valence-electron chi connectivity index (χ1n) is 6.66. The molecule has 1 aliphatic heterocycles. The second-order valence-corrected chi connectivity index (χ2v) is 5.73. The molecule has 1 saturated heterocycles. The van der Waals surface area contributed by atoms with E-state index >= 15 is 0 Å². The Labute approximate surface area is 133 Å². The Morgan fingerprint density at radius 3 is 2.50 bits per heavy atom. The third-order valence-electron chi connectivity index (χ3n) is 3.37. The van der Waals surface area contributed by atoms with Gasteiger partial charge in [0.2, 0.25) is 0 Å². The molecule has 1 atom stereocenters. The van der Waals surface area contributed by atoms with Crippen LogP contribution >= 0.6 is 15.9 Å². The maximum atomic E-state index is 12.9. The molecular weight excluding hydrogens is 369 g/mol. The van der Waals surface area contributed by atoms with Crippen LogP contribution in [0.3, 0.4) is 0 Å². The number of nitrogens with zero attached hydrogens (tertiary/aromatic N) is 3. The summed E-state index contributed by atoms with van der Waals surface area (Å²) in [6.07, 6.45) is -4.57. The fraction of sp³-hybridized carbons (Fsp3) is 0.667. The van der Waals surface area contributed by atoms with Gasteiger partial charge in [-0.25, -0.2) is 5.01 Å². The van der Waals surface area contributed by atoms with Crippen molar-refractivity contribution in [3.05, 3.63) is 15.9 Å². The Kier molecular flexibility index (Phi) is 5.13. The monoisotopic (exact) mass is 384 g/mol. The topological polar surface area (TPSA) is 59.4 Å². The second-order valence-electron chi connectivity index (χ2n) is 4.94. The molecule has 1 fully saturated rings. The van der Waals surface area contributed by atoms with Gasteiger partial charge in [-0.3, -0.25) is 14.9 Å². The average molecular weight is 385 g/mol. The molecule has 1 aromatic rings. The number of alkyl halides is 3. The molecule has 6 nitrogen and oxygen atoms in total. The summed E-state index contributed by atoms with van der Waals surface area (Å²) in [6, 6.07) is -0.866. The average Bonchev–Trinajstić information content (AvgIpc) is 2.75. The van der Waals surface area contributed by atoms with Crippen molar-refractivity contribution in [2.45, 2.75) is 26.1 Å². The largest absolute Gasteiger partial charge is 0.436 e. The fourth-order valence-corrected chi connectivity index (χ4v) is 2.58. The number of carbonyl (C=O) groups excluding carboxylic acids is 1. The van der Waals surface area contributed by atoms with Crippen molar-refractivity contribution < 1.29 is 22.7 Å². The SMILES string of the molecule is Cc1c(Br)c(C(F)(F)F)nn1C(C)C(=O)NN1CCOCC1. The zero-order valence-electron chi connectivity index (χ0n) is 12.1. The quantitative estimate of drug-likeness (QED) is 0.864. The highest BCUT2D eigenvalue weighted by Crippen LogP contribution is 2.36. The number of rotatable bonds is 3. The van der Waals surface area contributed by atoms with E-state index in [0.29, 0.717) is 26.3 Å². The van der Waals surface area contributed by atoms with E-state index in [1.807, 2.05) is 0 Å². The molecule has 0 spiro atoms. The molecule has 2 rings (SSSR count). The summed E-state index contributed by atoms with van der Waals surface area (Å²) in [5, 5.41) is 5.22. The molecule has 10 heteroatoms. The molecule has 0 aliphatic carbocycles. The molecule has 124 valence electrons. The number of halogens is 4. The number of carbonyl (C=O) groups is 1. The lowest BCUT2D eigenvalue weighted by Gasteiger charge is -2.28. The van der Waals surface area contributed by atoms with E-state index in [0.717, 1.165) is 4.68 Å². The first-order valence-corrected chi connectivity index (χ1v) is 7.46. The molecule has 1 aromatic heterocycles.